The molecule has 0 N–H and O–H groups in total. The van der Waals surface area contributed by atoms with Gasteiger partial charge in [0.05, 0.1) is 5.69 Å². The Balaban J connectivity index is 2.01. The standard InChI is InChI=1S/C20H17NO/c1-12-6-4-7-15-16-8-5-9-17(20(16)22-19(12)15)18-10-13(2)14(3)11-21-18/h4-11H,1-3H3/i1D3,2D3,3D3. The molecule has 0 spiro atoms. The molecule has 2 nitrogen and oxygen atoms in total. The zero-order valence-electron chi connectivity index (χ0n) is 20.5. The number of rotatable bonds is 1. The van der Waals surface area contributed by atoms with E-state index in [1.807, 2.05) is 0 Å². The van der Waals surface area contributed by atoms with Crippen LogP contribution in [-0.2, 0) is 0 Å². The van der Waals surface area contributed by atoms with Crippen LogP contribution in [0.25, 0.3) is 33.2 Å². The second kappa shape index (κ2) is 4.70. The van der Waals surface area contributed by atoms with Gasteiger partial charge in [0, 0.05) is 34.9 Å². The summed E-state index contributed by atoms with van der Waals surface area (Å²) in [7, 11) is 0. The van der Waals surface area contributed by atoms with Gasteiger partial charge in [0.15, 0.2) is 0 Å². The highest BCUT2D eigenvalue weighted by Gasteiger charge is 2.14. The molecule has 0 amide bonds. The molecule has 0 saturated carbocycles. The number of benzene rings is 2. The number of pyridine rings is 1. The average Bonchev–Trinajstić information content (AvgIpc) is 3.04. The fourth-order valence-corrected chi connectivity index (χ4v) is 2.62. The van der Waals surface area contributed by atoms with E-state index < -0.39 is 20.6 Å². The molecular weight excluding hydrogens is 270 g/mol. The Morgan fingerprint density at radius 3 is 2.45 bits per heavy atom. The predicted molar refractivity (Wildman–Crippen MR) is 91.2 cm³/mol. The molecule has 2 aromatic heterocycles. The Kier molecular flexibility index (Phi) is 1.42. The van der Waals surface area contributed by atoms with Gasteiger partial charge in [-0.3, -0.25) is 4.98 Å². The summed E-state index contributed by atoms with van der Waals surface area (Å²) in [6.07, 6.45) is 1.05. The van der Waals surface area contributed by atoms with Crippen LogP contribution in [0.4, 0.5) is 0 Å². The Morgan fingerprint density at radius 2 is 1.64 bits per heavy atom. The van der Waals surface area contributed by atoms with Gasteiger partial charge in [-0.1, -0.05) is 30.3 Å². The zero-order chi connectivity index (χ0) is 22.8. The minimum absolute atomic E-state index is 0.0704. The van der Waals surface area contributed by atoms with Gasteiger partial charge in [0.2, 0.25) is 0 Å². The summed E-state index contributed by atoms with van der Waals surface area (Å²) in [5.74, 6) is 0. The lowest BCUT2D eigenvalue weighted by molar-refractivity contribution is 0.666. The molecule has 0 atom stereocenters. The molecular formula is C20H17NO. The van der Waals surface area contributed by atoms with Crippen molar-refractivity contribution in [3.8, 4) is 11.3 Å². The van der Waals surface area contributed by atoms with E-state index in [9.17, 15) is 0 Å². The van der Waals surface area contributed by atoms with Crippen LogP contribution in [-0.4, -0.2) is 4.98 Å². The SMILES string of the molecule is [2H]C([2H])([2H])c1cnc(-c2cccc3c2oc2c(C([2H])([2H])[2H])cccc23)cc1C([2H])([2H])[2H]. The smallest absolute Gasteiger partial charge is 0.144 e. The number of hydrogen-bond acceptors (Lipinski definition) is 2. The van der Waals surface area contributed by atoms with Crippen LogP contribution in [0.3, 0.4) is 0 Å². The van der Waals surface area contributed by atoms with Crippen LogP contribution in [0.5, 0.6) is 0 Å². The highest BCUT2D eigenvalue weighted by molar-refractivity contribution is 6.09. The summed E-state index contributed by atoms with van der Waals surface area (Å²) >= 11 is 0. The summed E-state index contributed by atoms with van der Waals surface area (Å²) in [5, 5.41) is 1.26. The molecule has 0 fully saturated rings. The zero-order valence-corrected chi connectivity index (χ0v) is 11.5. The van der Waals surface area contributed by atoms with E-state index in [1.54, 1.807) is 30.3 Å². The van der Waals surface area contributed by atoms with Crippen molar-refractivity contribution in [2.24, 2.45) is 0 Å². The Hall–Kier alpha value is -2.61. The first-order valence-corrected chi connectivity index (χ1v) is 6.74. The van der Waals surface area contributed by atoms with Gasteiger partial charge >= 0.3 is 0 Å². The molecule has 0 saturated heterocycles. The van der Waals surface area contributed by atoms with E-state index in [1.165, 1.54) is 12.1 Å². The average molecular weight is 296 g/mol. The van der Waals surface area contributed by atoms with E-state index in [-0.39, 0.29) is 28.0 Å². The fourth-order valence-electron chi connectivity index (χ4n) is 2.62. The number of aryl methyl sites for hydroxylation is 3. The van der Waals surface area contributed by atoms with Gasteiger partial charge in [-0.2, -0.15) is 0 Å². The minimum atomic E-state index is -2.66. The maximum atomic E-state index is 7.77. The van der Waals surface area contributed by atoms with Crippen LogP contribution >= 0.6 is 0 Å². The monoisotopic (exact) mass is 296 g/mol. The summed E-state index contributed by atoms with van der Waals surface area (Å²) < 4.78 is 75.5. The maximum absolute atomic E-state index is 7.77. The van der Waals surface area contributed by atoms with Crippen molar-refractivity contribution in [3.05, 3.63) is 65.4 Å². The first-order valence-electron chi connectivity index (χ1n) is 11.2. The number of hydrogen-bond donors (Lipinski definition) is 0. The molecule has 0 aliphatic heterocycles. The first kappa shape index (κ1) is 6.66. The van der Waals surface area contributed by atoms with Gasteiger partial charge in [0.25, 0.3) is 0 Å². The molecule has 2 heteroatoms. The maximum Gasteiger partial charge on any atom is 0.144 e. The lowest BCUT2D eigenvalue weighted by Gasteiger charge is -2.05. The van der Waals surface area contributed by atoms with Crippen LogP contribution in [0.1, 0.15) is 29.0 Å². The van der Waals surface area contributed by atoms with E-state index in [4.69, 9.17) is 16.8 Å². The molecule has 108 valence electrons. The molecule has 0 unspecified atom stereocenters. The van der Waals surface area contributed by atoms with Crippen molar-refractivity contribution in [1.82, 2.24) is 4.98 Å². The van der Waals surface area contributed by atoms with Crippen LogP contribution in [0, 0.1) is 20.6 Å². The number of para-hydroxylation sites is 2. The van der Waals surface area contributed by atoms with Crippen molar-refractivity contribution in [2.75, 3.05) is 0 Å². The molecule has 0 radical (unpaired) electrons. The third-order valence-electron chi connectivity index (χ3n) is 3.70. The van der Waals surface area contributed by atoms with E-state index >= 15 is 0 Å². The minimum Gasteiger partial charge on any atom is -0.455 e. The molecule has 2 aromatic carbocycles. The van der Waals surface area contributed by atoms with E-state index in [0.29, 0.717) is 21.9 Å². The highest BCUT2D eigenvalue weighted by Crippen LogP contribution is 2.36. The second-order valence-corrected chi connectivity index (χ2v) is 5.08. The number of nitrogens with zero attached hydrogens (tertiary/aromatic N) is 1. The van der Waals surface area contributed by atoms with Gasteiger partial charge in [-0.25, -0.2) is 0 Å². The van der Waals surface area contributed by atoms with Crippen LogP contribution < -0.4 is 0 Å². The number of aromatic nitrogens is 1. The fraction of sp³-hybridized carbons (Fsp3) is 0.150. The lowest BCUT2D eigenvalue weighted by Crippen LogP contribution is -1.88. The third kappa shape index (κ3) is 1.84. The van der Waals surface area contributed by atoms with Crippen LogP contribution in [0.2, 0.25) is 0 Å². The van der Waals surface area contributed by atoms with Crippen molar-refractivity contribution in [1.29, 1.82) is 0 Å². The van der Waals surface area contributed by atoms with Gasteiger partial charge in [0.1, 0.15) is 11.2 Å². The van der Waals surface area contributed by atoms with Crippen molar-refractivity contribution < 1.29 is 16.8 Å². The highest BCUT2D eigenvalue weighted by atomic mass is 16.3. The Bertz CT molecular complexity index is 1300. The third-order valence-corrected chi connectivity index (χ3v) is 3.70. The quantitative estimate of drug-likeness (QED) is 0.458. The predicted octanol–water partition coefficient (Wildman–Crippen LogP) is 5.57. The molecule has 0 aliphatic rings. The summed E-state index contributed by atoms with van der Waals surface area (Å²) in [6, 6.07) is 11.3. The summed E-state index contributed by atoms with van der Waals surface area (Å²) in [4.78, 5) is 4.20. The molecule has 4 aromatic rings. The van der Waals surface area contributed by atoms with Crippen molar-refractivity contribution in [2.45, 2.75) is 20.6 Å². The normalized spacial score (nSPS) is 19.2. The molecule has 4 rings (SSSR count). The summed E-state index contributed by atoms with van der Waals surface area (Å²) in [6.45, 7) is -7.66. The van der Waals surface area contributed by atoms with E-state index in [0.717, 1.165) is 6.20 Å². The Morgan fingerprint density at radius 1 is 0.864 bits per heavy atom. The van der Waals surface area contributed by atoms with Crippen molar-refractivity contribution >= 4 is 21.9 Å². The molecule has 0 aliphatic carbocycles. The van der Waals surface area contributed by atoms with Gasteiger partial charge < -0.3 is 4.42 Å². The number of fused-ring (bicyclic) bond motifs is 3. The number of furan rings is 1. The van der Waals surface area contributed by atoms with E-state index in [2.05, 4.69) is 4.98 Å². The Labute approximate surface area is 142 Å². The van der Waals surface area contributed by atoms with Gasteiger partial charge in [-0.15, -0.1) is 0 Å². The lowest BCUT2D eigenvalue weighted by atomic mass is 10.0. The van der Waals surface area contributed by atoms with Crippen LogP contribution in [0.15, 0.2) is 53.1 Å². The topological polar surface area (TPSA) is 26.0 Å². The summed E-state index contributed by atoms with van der Waals surface area (Å²) in [5.41, 5.74) is 0.652. The van der Waals surface area contributed by atoms with Crippen molar-refractivity contribution in [3.63, 3.8) is 0 Å². The molecule has 0 bridgehead atoms. The second-order valence-electron chi connectivity index (χ2n) is 5.08. The van der Waals surface area contributed by atoms with Gasteiger partial charge in [-0.05, 0) is 49.4 Å². The largest absolute Gasteiger partial charge is 0.455 e. The first-order chi connectivity index (χ1) is 14.3. The molecule has 2 heterocycles. The molecule has 22 heavy (non-hydrogen) atoms.